The molecule has 3 rings (SSSR count). The first-order valence-electron chi connectivity index (χ1n) is 6.34. The topological polar surface area (TPSA) is 35.2 Å². The first-order valence-corrected chi connectivity index (χ1v) is 7.29. The van der Waals surface area contributed by atoms with Crippen LogP contribution in [-0.2, 0) is 6.42 Å². The molecule has 1 aliphatic rings. The fourth-order valence-electron chi connectivity index (χ4n) is 1.95. The molecular formula is C15H17NOS. The number of nitrogens with two attached hydrogens (primary N) is 1. The molecule has 2 N–H and O–H groups in total. The van der Waals surface area contributed by atoms with Crippen LogP contribution in [0.3, 0.4) is 0 Å². The summed E-state index contributed by atoms with van der Waals surface area (Å²) in [6.45, 7) is 0. The fraction of sp³-hybridized carbons (Fsp3) is 0.333. The summed E-state index contributed by atoms with van der Waals surface area (Å²) in [5, 5.41) is 4.25. The Balaban J connectivity index is 1.63. The van der Waals surface area contributed by atoms with Gasteiger partial charge in [0, 0.05) is 6.04 Å². The Morgan fingerprint density at radius 1 is 1.22 bits per heavy atom. The van der Waals surface area contributed by atoms with Gasteiger partial charge in [-0.3, -0.25) is 0 Å². The molecule has 0 saturated heterocycles. The summed E-state index contributed by atoms with van der Waals surface area (Å²) in [7, 11) is 0. The second-order valence-electron chi connectivity index (χ2n) is 4.83. The maximum Gasteiger partial charge on any atom is 0.119 e. The zero-order chi connectivity index (χ0) is 12.4. The Hall–Kier alpha value is -1.32. The monoisotopic (exact) mass is 259 g/mol. The van der Waals surface area contributed by atoms with Crippen molar-refractivity contribution in [3.8, 4) is 5.75 Å². The molecule has 1 aromatic carbocycles. The molecule has 0 amide bonds. The van der Waals surface area contributed by atoms with Crippen LogP contribution in [0.25, 0.3) is 0 Å². The molecule has 1 aliphatic carbocycles. The van der Waals surface area contributed by atoms with Crippen molar-refractivity contribution < 1.29 is 4.74 Å². The first kappa shape index (κ1) is 11.8. The standard InChI is InChI=1S/C15H17NOS/c16-15(9-11-7-8-18-10-11)12-1-3-13(4-2-12)17-14-5-6-14/h1-4,7-8,10,14-15H,5-6,9,16H2. The lowest BCUT2D eigenvalue weighted by Crippen LogP contribution is -2.12. The highest BCUT2D eigenvalue weighted by Crippen LogP contribution is 2.27. The number of ether oxygens (including phenoxy) is 1. The normalized spacial score (nSPS) is 16.5. The van der Waals surface area contributed by atoms with Crippen LogP contribution in [0.1, 0.15) is 30.0 Å². The second-order valence-corrected chi connectivity index (χ2v) is 5.61. The van der Waals surface area contributed by atoms with E-state index >= 15 is 0 Å². The summed E-state index contributed by atoms with van der Waals surface area (Å²) >= 11 is 1.72. The van der Waals surface area contributed by atoms with Crippen LogP contribution < -0.4 is 10.5 Å². The lowest BCUT2D eigenvalue weighted by Gasteiger charge is -2.12. The van der Waals surface area contributed by atoms with Crippen LogP contribution in [0.5, 0.6) is 5.75 Å². The summed E-state index contributed by atoms with van der Waals surface area (Å²) < 4.78 is 5.73. The van der Waals surface area contributed by atoms with Crippen molar-refractivity contribution in [3.05, 3.63) is 52.2 Å². The summed E-state index contributed by atoms with van der Waals surface area (Å²) in [6, 6.07) is 10.4. The van der Waals surface area contributed by atoms with Gasteiger partial charge in [-0.2, -0.15) is 11.3 Å². The van der Waals surface area contributed by atoms with Crippen LogP contribution in [-0.4, -0.2) is 6.10 Å². The molecule has 0 spiro atoms. The minimum atomic E-state index is 0.0644. The van der Waals surface area contributed by atoms with E-state index in [9.17, 15) is 0 Å². The smallest absolute Gasteiger partial charge is 0.119 e. The zero-order valence-corrected chi connectivity index (χ0v) is 11.0. The molecule has 0 radical (unpaired) electrons. The van der Waals surface area contributed by atoms with E-state index in [0.717, 1.165) is 12.2 Å². The van der Waals surface area contributed by atoms with Crippen LogP contribution >= 0.6 is 11.3 Å². The Kier molecular flexibility index (Phi) is 3.35. The van der Waals surface area contributed by atoms with Gasteiger partial charge in [-0.1, -0.05) is 12.1 Å². The number of hydrogen-bond donors (Lipinski definition) is 1. The second kappa shape index (κ2) is 5.12. The molecule has 3 heteroatoms. The molecule has 1 fully saturated rings. The Bertz CT molecular complexity index is 488. The Labute approximate surface area is 111 Å². The summed E-state index contributed by atoms with van der Waals surface area (Å²) in [5.74, 6) is 0.962. The lowest BCUT2D eigenvalue weighted by atomic mass is 10.0. The third-order valence-electron chi connectivity index (χ3n) is 3.17. The third-order valence-corrected chi connectivity index (χ3v) is 3.90. The van der Waals surface area contributed by atoms with Crippen molar-refractivity contribution in [2.75, 3.05) is 0 Å². The van der Waals surface area contributed by atoms with Gasteiger partial charge in [-0.05, 0) is 59.3 Å². The van der Waals surface area contributed by atoms with Crippen molar-refractivity contribution >= 4 is 11.3 Å². The van der Waals surface area contributed by atoms with Crippen LogP contribution in [0, 0.1) is 0 Å². The molecule has 1 atom stereocenters. The average molecular weight is 259 g/mol. The molecule has 2 nitrogen and oxygen atoms in total. The molecule has 1 saturated carbocycles. The molecule has 0 aliphatic heterocycles. The summed E-state index contributed by atoms with van der Waals surface area (Å²) in [6.07, 6.45) is 3.74. The van der Waals surface area contributed by atoms with E-state index < -0.39 is 0 Å². The zero-order valence-electron chi connectivity index (χ0n) is 10.2. The largest absolute Gasteiger partial charge is 0.490 e. The van der Waals surface area contributed by atoms with Crippen molar-refractivity contribution in [1.82, 2.24) is 0 Å². The molecule has 1 unspecified atom stereocenters. The van der Waals surface area contributed by atoms with E-state index in [1.807, 2.05) is 12.1 Å². The van der Waals surface area contributed by atoms with Crippen LogP contribution in [0.15, 0.2) is 41.1 Å². The minimum Gasteiger partial charge on any atom is -0.490 e. The van der Waals surface area contributed by atoms with Crippen LogP contribution in [0.2, 0.25) is 0 Å². The Morgan fingerprint density at radius 2 is 2.00 bits per heavy atom. The molecule has 18 heavy (non-hydrogen) atoms. The SMILES string of the molecule is NC(Cc1ccsc1)c1ccc(OC2CC2)cc1. The maximum atomic E-state index is 6.21. The highest BCUT2D eigenvalue weighted by molar-refractivity contribution is 7.07. The van der Waals surface area contributed by atoms with E-state index in [4.69, 9.17) is 10.5 Å². The minimum absolute atomic E-state index is 0.0644. The fourth-order valence-corrected chi connectivity index (χ4v) is 2.63. The van der Waals surface area contributed by atoms with Gasteiger partial charge in [0.15, 0.2) is 0 Å². The van der Waals surface area contributed by atoms with E-state index in [1.165, 1.54) is 24.0 Å². The first-order chi connectivity index (χ1) is 8.81. The molecule has 2 aromatic rings. The maximum absolute atomic E-state index is 6.21. The van der Waals surface area contributed by atoms with Gasteiger partial charge in [0.05, 0.1) is 6.10 Å². The molecule has 0 bridgehead atoms. The number of hydrogen-bond acceptors (Lipinski definition) is 3. The Morgan fingerprint density at radius 3 is 2.61 bits per heavy atom. The van der Waals surface area contributed by atoms with Gasteiger partial charge in [0.25, 0.3) is 0 Å². The number of benzene rings is 1. The van der Waals surface area contributed by atoms with Gasteiger partial charge >= 0.3 is 0 Å². The highest BCUT2D eigenvalue weighted by Gasteiger charge is 2.23. The molecule has 94 valence electrons. The van der Waals surface area contributed by atoms with Gasteiger partial charge in [-0.25, -0.2) is 0 Å². The molecular weight excluding hydrogens is 242 g/mol. The van der Waals surface area contributed by atoms with E-state index in [1.54, 1.807) is 11.3 Å². The molecule has 1 heterocycles. The van der Waals surface area contributed by atoms with Gasteiger partial charge in [-0.15, -0.1) is 0 Å². The third kappa shape index (κ3) is 2.92. The predicted octanol–water partition coefficient (Wildman–Crippen LogP) is 3.53. The van der Waals surface area contributed by atoms with Crippen molar-refractivity contribution in [3.63, 3.8) is 0 Å². The predicted molar refractivity (Wildman–Crippen MR) is 75.0 cm³/mol. The van der Waals surface area contributed by atoms with Crippen LogP contribution in [0.4, 0.5) is 0 Å². The lowest BCUT2D eigenvalue weighted by molar-refractivity contribution is 0.303. The van der Waals surface area contributed by atoms with Crippen molar-refractivity contribution in [2.45, 2.75) is 31.4 Å². The van der Waals surface area contributed by atoms with Crippen molar-refractivity contribution in [2.24, 2.45) is 5.73 Å². The van der Waals surface area contributed by atoms with E-state index in [2.05, 4.69) is 29.0 Å². The summed E-state index contributed by atoms with van der Waals surface area (Å²) in [5.41, 5.74) is 8.70. The summed E-state index contributed by atoms with van der Waals surface area (Å²) in [4.78, 5) is 0. The van der Waals surface area contributed by atoms with E-state index in [0.29, 0.717) is 6.10 Å². The number of thiophene rings is 1. The van der Waals surface area contributed by atoms with Crippen molar-refractivity contribution in [1.29, 1.82) is 0 Å². The van der Waals surface area contributed by atoms with Gasteiger partial charge in [0.1, 0.15) is 5.75 Å². The van der Waals surface area contributed by atoms with Gasteiger partial charge in [0.2, 0.25) is 0 Å². The quantitative estimate of drug-likeness (QED) is 0.891. The highest BCUT2D eigenvalue weighted by atomic mass is 32.1. The molecule has 1 aromatic heterocycles. The van der Waals surface area contributed by atoms with Gasteiger partial charge < -0.3 is 10.5 Å². The number of rotatable bonds is 5. The van der Waals surface area contributed by atoms with E-state index in [-0.39, 0.29) is 6.04 Å². The average Bonchev–Trinajstić information content (AvgIpc) is 3.04.